The fourth-order valence-electron chi connectivity index (χ4n) is 1.25. The third-order valence-electron chi connectivity index (χ3n) is 2.07. The highest BCUT2D eigenvalue weighted by Gasteiger charge is 2.06. The van der Waals surface area contributed by atoms with Gasteiger partial charge in [-0.2, -0.15) is 0 Å². The molecule has 0 N–H and O–H groups in total. The number of halogens is 2. The summed E-state index contributed by atoms with van der Waals surface area (Å²) in [5.41, 5.74) is 0.674. The minimum Gasteiger partial charge on any atom is -0.490 e. The molecular weight excluding hydrogens is 267 g/mol. The van der Waals surface area contributed by atoms with Gasteiger partial charge in [-0.15, -0.1) is 11.6 Å². The number of sulfone groups is 1. The summed E-state index contributed by atoms with van der Waals surface area (Å²) in [6, 6.07) is 4.47. The molecule has 3 nitrogen and oxygen atoms in total. The second-order valence-corrected chi connectivity index (χ2v) is 6.26. The summed E-state index contributed by atoms with van der Waals surface area (Å²) in [4.78, 5) is 0. The number of alkyl halides is 1. The van der Waals surface area contributed by atoms with E-state index in [0.717, 1.165) is 6.26 Å². The molecule has 0 aliphatic rings. The van der Waals surface area contributed by atoms with E-state index >= 15 is 0 Å². The van der Waals surface area contributed by atoms with Crippen LogP contribution in [-0.2, 0) is 15.7 Å². The Bertz CT molecular complexity index is 474. The number of ether oxygens (including phenoxy) is 1. The predicted octanol–water partition coefficient (Wildman–Crippen LogP) is 2.38. The SMILES string of the molecule is CS(=O)(=O)CCCOc1ccc(CCl)cc1F. The Hall–Kier alpha value is -0.810. The van der Waals surface area contributed by atoms with Gasteiger partial charge in [0, 0.05) is 12.1 Å². The van der Waals surface area contributed by atoms with Gasteiger partial charge >= 0.3 is 0 Å². The quantitative estimate of drug-likeness (QED) is 0.593. The average molecular weight is 281 g/mol. The highest BCUT2D eigenvalue weighted by Crippen LogP contribution is 2.19. The second kappa shape index (κ2) is 6.21. The van der Waals surface area contributed by atoms with Crippen molar-refractivity contribution in [2.75, 3.05) is 18.6 Å². The highest BCUT2D eigenvalue weighted by molar-refractivity contribution is 7.90. The van der Waals surface area contributed by atoms with Crippen molar-refractivity contribution in [1.29, 1.82) is 0 Å². The van der Waals surface area contributed by atoms with Crippen LogP contribution in [0.2, 0.25) is 0 Å². The van der Waals surface area contributed by atoms with Crippen LogP contribution in [0.4, 0.5) is 4.39 Å². The van der Waals surface area contributed by atoms with E-state index in [1.54, 1.807) is 6.07 Å². The fourth-order valence-corrected chi connectivity index (χ4v) is 2.06. The van der Waals surface area contributed by atoms with Crippen molar-refractivity contribution in [2.24, 2.45) is 0 Å². The van der Waals surface area contributed by atoms with Crippen molar-refractivity contribution in [3.05, 3.63) is 29.6 Å². The lowest BCUT2D eigenvalue weighted by Gasteiger charge is -2.07. The first-order chi connectivity index (χ1) is 7.92. The van der Waals surface area contributed by atoms with E-state index in [4.69, 9.17) is 16.3 Å². The lowest BCUT2D eigenvalue weighted by Crippen LogP contribution is -2.08. The molecule has 0 fully saturated rings. The van der Waals surface area contributed by atoms with E-state index < -0.39 is 15.7 Å². The molecule has 0 radical (unpaired) electrons. The fraction of sp³-hybridized carbons (Fsp3) is 0.455. The normalized spacial score (nSPS) is 11.5. The van der Waals surface area contributed by atoms with Crippen LogP contribution in [0.1, 0.15) is 12.0 Å². The molecule has 0 bridgehead atoms. The van der Waals surface area contributed by atoms with Gasteiger partial charge < -0.3 is 4.74 Å². The van der Waals surface area contributed by atoms with Crippen molar-refractivity contribution >= 4 is 21.4 Å². The molecule has 0 saturated heterocycles. The molecular formula is C11H14ClFO3S. The van der Waals surface area contributed by atoms with Crippen molar-refractivity contribution in [2.45, 2.75) is 12.3 Å². The summed E-state index contributed by atoms with van der Waals surface area (Å²) < 4.78 is 40.2. The van der Waals surface area contributed by atoms with Crippen molar-refractivity contribution in [3.8, 4) is 5.75 Å². The molecule has 0 saturated carbocycles. The second-order valence-electron chi connectivity index (χ2n) is 3.73. The summed E-state index contributed by atoms with van der Waals surface area (Å²) in [6.45, 7) is 0.171. The van der Waals surface area contributed by atoms with Gasteiger partial charge in [0.05, 0.1) is 12.4 Å². The number of rotatable bonds is 6. The van der Waals surface area contributed by atoms with Gasteiger partial charge in [-0.05, 0) is 24.1 Å². The van der Waals surface area contributed by atoms with Gasteiger partial charge in [0.1, 0.15) is 9.84 Å². The van der Waals surface area contributed by atoms with Gasteiger partial charge in [-0.1, -0.05) is 6.07 Å². The minimum atomic E-state index is -2.99. The molecule has 0 heterocycles. The van der Waals surface area contributed by atoms with Crippen LogP contribution in [0.25, 0.3) is 0 Å². The first kappa shape index (κ1) is 14.3. The monoisotopic (exact) mass is 280 g/mol. The van der Waals surface area contributed by atoms with E-state index in [-0.39, 0.29) is 24.0 Å². The standard InChI is InChI=1S/C11H14ClFO3S/c1-17(14,15)6-2-5-16-11-4-3-9(8-12)7-10(11)13/h3-4,7H,2,5-6,8H2,1H3. The summed E-state index contributed by atoms with van der Waals surface area (Å²) in [5, 5.41) is 0. The summed E-state index contributed by atoms with van der Waals surface area (Å²) in [5.74, 6) is -0.0884. The lowest BCUT2D eigenvalue weighted by molar-refractivity contribution is 0.301. The third-order valence-corrected chi connectivity index (χ3v) is 3.41. The topological polar surface area (TPSA) is 43.4 Å². The first-order valence-corrected chi connectivity index (χ1v) is 7.67. The van der Waals surface area contributed by atoms with Crippen LogP contribution in [-0.4, -0.2) is 27.0 Å². The van der Waals surface area contributed by atoms with Crippen molar-refractivity contribution in [1.82, 2.24) is 0 Å². The molecule has 0 aliphatic heterocycles. The molecule has 17 heavy (non-hydrogen) atoms. The van der Waals surface area contributed by atoms with Crippen molar-refractivity contribution < 1.29 is 17.5 Å². The van der Waals surface area contributed by atoms with Crippen LogP contribution in [0.15, 0.2) is 18.2 Å². The van der Waals surface area contributed by atoms with E-state index in [2.05, 4.69) is 0 Å². The zero-order valence-electron chi connectivity index (χ0n) is 9.45. The maximum Gasteiger partial charge on any atom is 0.165 e. The Morgan fingerprint density at radius 1 is 1.41 bits per heavy atom. The molecule has 0 unspecified atom stereocenters. The lowest BCUT2D eigenvalue weighted by atomic mass is 10.2. The van der Waals surface area contributed by atoms with E-state index in [0.29, 0.717) is 12.0 Å². The van der Waals surface area contributed by atoms with Crippen LogP contribution in [0, 0.1) is 5.82 Å². The Morgan fingerprint density at radius 3 is 2.65 bits per heavy atom. The zero-order chi connectivity index (χ0) is 12.9. The predicted molar refractivity (Wildman–Crippen MR) is 65.8 cm³/mol. The summed E-state index contributed by atoms with van der Waals surface area (Å²) >= 11 is 5.55. The number of hydrogen-bond acceptors (Lipinski definition) is 3. The molecule has 0 aromatic heterocycles. The molecule has 0 aliphatic carbocycles. The van der Waals surface area contributed by atoms with Gasteiger partial charge in [0.15, 0.2) is 11.6 Å². The van der Waals surface area contributed by atoms with E-state index in [9.17, 15) is 12.8 Å². The molecule has 96 valence electrons. The molecule has 1 aromatic rings. The minimum absolute atomic E-state index is 0.0361. The van der Waals surface area contributed by atoms with Crippen LogP contribution in [0.3, 0.4) is 0 Å². The Balaban J connectivity index is 2.47. The maximum atomic E-state index is 13.4. The molecule has 0 spiro atoms. The van der Waals surface area contributed by atoms with Crippen LogP contribution >= 0.6 is 11.6 Å². The molecule has 1 aromatic carbocycles. The molecule has 0 atom stereocenters. The van der Waals surface area contributed by atoms with E-state index in [1.165, 1.54) is 12.1 Å². The van der Waals surface area contributed by atoms with Gasteiger partial charge in [-0.25, -0.2) is 12.8 Å². The van der Waals surface area contributed by atoms with Gasteiger partial charge in [-0.3, -0.25) is 0 Å². The first-order valence-electron chi connectivity index (χ1n) is 5.07. The highest BCUT2D eigenvalue weighted by atomic mass is 35.5. The van der Waals surface area contributed by atoms with Crippen molar-refractivity contribution in [3.63, 3.8) is 0 Å². The Kier molecular flexibility index (Phi) is 5.21. The molecule has 0 amide bonds. The smallest absolute Gasteiger partial charge is 0.165 e. The van der Waals surface area contributed by atoms with E-state index in [1.807, 2.05) is 0 Å². The number of hydrogen-bond donors (Lipinski definition) is 0. The summed E-state index contributed by atoms with van der Waals surface area (Å²) in [7, 11) is -2.99. The maximum absolute atomic E-state index is 13.4. The largest absolute Gasteiger partial charge is 0.490 e. The average Bonchev–Trinajstić information content (AvgIpc) is 2.24. The Labute approximate surface area is 105 Å². The number of benzene rings is 1. The molecule has 6 heteroatoms. The third kappa shape index (κ3) is 5.37. The van der Waals surface area contributed by atoms with Crippen LogP contribution < -0.4 is 4.74 Å². The van der Waals surface area contributed by atoms with Gasteiger partial charge in [0.2, 0.25) is 0 Å². The molecule has 1 rings (SSSR count). The summed E-state index contributed by atoms with van der Waals surface area (Å²) in [6.07, 6.45) is 1.50. The van der Waals surface area contributed by atoms with Gasteiger partial charge in [0.25, 0.3) is 0 Å². The zero-order valence-corrected chi connectivity index (χ0v) is 11.0. The Morgan fingerprint density at radius 2 is 2.12 bits per heavy atom. The van der Waals surface area contributed by atoms with Crippen LogP contribution in [0.5, 0.6) is 5.75 Å².